The molecule has 2 aliphatic rings. The first-order chi connectivity index (χ1) is 13.7. The van der Waals surface area contributed by atoms with Crippen molar-refractivity contribution in [1.82, 2.24) is 35.1 Å². The Morgan fingerprint density at radius 1 is 1.29 bits per heavy atom. The third kappa shape index (κ3) is 4.34. The fraction of sp³-hybridized carbons (Fsp3) is 0.500. The number of morpholine rings is 1. The molecule has 0 bridgehead atoms. The van der Waals surface area contributed by atoms with E-state index in [9.17, 15) is 9.59 Å². The van der Waals surface area contributed by atoms with Gasteiger partial charge in [0.2, 0.25) is 5.91 Å². The minimum absolute atomic E-state index is 0.0672. The van der Waals surface area contributed by atoms with Crippen LogP contribution < -0.4 is 5.32 Å². The van der Waals surface area contributed by atoms with Crippen LogP contribution in [-0.2, 0) is 9.53 Å². The molecule has 4 heterocycles. The Kier molecular flexibility index (Phi) is 5.58. The van der Waals surface area contributed by atoms with E-state index in [1.165, 1.54) is 4.68 Å². The number of nitrogens with zero attached hydrogens (tertiary/aromatic N) is 6. The molecule has 10 nitrogen and oxygen atoms in total. The Labute approximate surface area is 162 Å². The number of hydrogen-bond acceptors (Lipinski definition) is 7. The number of likely N-dealkylation sites (tertiary alicyclic amines) is 1. The normalized spacial score (nSPS) is 20.5. The summed E-state index contributed by atoms with van der Waals surface area (Å²) in [7, 11) is 0. The van der Waals surface area contributed by atoms with Crippen molar-refractivity contribution in [2.45, 2.75) is 12.5 Å². The van der Waals surface area contributed by atoms with E-state index in [1.54, 1.807) is 24.7 Å². The molecule has 1 unspecified atom stereocenters. The molecule has 28 heavy (non-hydrogen) atoms. The van der Waals surface area contributed by atoms with Crippen molar-refractivity contribution >= 4 is 11.8 Å². The summed E-state index contributed by atoms with van der Waals surface area (Å²) in [4.78, 5) is 32.9. The van der Waals surface area contributed by atoms with Gasteiger partial charge in [0.1, 0.15) is 0 Å². The highest BCUT2D eigenvalue weighted by atomic mass is 16.5. The topological polar surface area (TPSA) is 105 Å². The van der Waals surface area contributed by atoms with E-state index in [1.807, 2.05) is 11.0 Å². The van der Waals surface area contributed by atoms with Gasteiger partial charge in [-0.3, -0.25) is 19.5 Å². The zero-order chi connectivity index (χ0) is 19.3. The molecule has 0 saturated carbocycles. The summed E-state index contributed by atoms with van der Waals surface area (Å²) in [5.41, 5.74) is 0.933. The Bertz CT molecular complexity index is 820. The van der Waals surface area contributed by atoms with Crippen LogP contribution in [0.1, 0.15) is 16.9 Å². The molecule has 0 aliphatic carbocycles. The third-order valence-corrected chi connectivity index (χ3v) is 4.98. The highest BCUT2D eigenvalue weighted by Gasteiger charge is 2.31. The van der Waals surface area contributed by atoms with Crippen molar-refractivity contribution in [3.63, 3.8) is 0 Å². The van der Waals surface area contributed by atoms with E-state index in [-0.39, 0.29) is 23.6 Å². The van der Waals surface area contributed by atoms with Crippen molar-refractivity contribution in [3.8, 4) is 5.69 Å². The molecule has 148 valence electrons. The average molecular weight is 385 g/mol. The van der Waals surface area contributed by atoms with E-state index >= 15 is 0 Å². The molecule has 0 radical (unpaired) electrons. The summed E-state index contributed by atoms with van der Waals surface area (Å²) < 4.78 is 6.84. The van der Waals surface area contributed by atoms with E-state index in [0.717, 1.165) is 38.5 Å². The highest BCUT2D eigenvalue weighted by Crippen LogP contribution is 2.12. The second-order valence-electron chi connectivity index (χ2n) is 6.93. The molecule has 1 atom stereocenters. The predicted molar refractivity (Wildman–Crippen MR) is 98.9 cm³/mol. The van der Waals surface area contributed by atoms with Crippen molar-refractivity contribution in [2.24, 2.45) is 0 Å². The van der Waals surface area contributed by atoms with Gasteiger partial charge in [-0.15, -0.1) is 5.10 Å². The van der Waals surface area contributed by atoms with Crippen LogP contribution in [0.15, 0.2) is 30.7 Å². The summed E-state index contributed by atoms with van der Waals surface area (Å²) >= 11 is 0. The molecular formula is C18H23N7O3. The number of hydrogen-bond donors (Lipinski definition) is 1. The van der Waals surface area contributed by atoms with Gasteiger partial charge < -0.3 is 15.0 Å². The van der Waals surface area contributed by atoms with Crippen LogP contribution in [0.2, 0.25) is 0 Å². The molecule has 10 heteroatoms. The zero-order valence-corrected chi connectivity index (χ0v) is 15.5. The first kappa shape index (κ1) is 18.5. The van der Waals surface area contributed by atoms with Gasteiger partial charge >= 0.3 is 0 Å². The molecule has 2 fully saturated rings. The van der Waals surface area contributed by atoms with E-state index in [4.69, 9.17) is 4.74 Å². The van der Waals surface area contributed by atoms with Gasteiger partial charge in [0.25, 0.3) is 5.91 Å². The minimum Gasteiger partial charge on any atom is -0.379 e. The van der Waals surface area contributed by atoms with Gasteiger partial charge in [0, 0.05) is 45.3 Å². The lowest BCUT2D eigenvalue weighted by molar-refractivity contribution is -0.128. The predicted octanol–water partition coefficient (Wildman–Crippen LogP) is -0.675. The molecule has 4 rings (SSSR count). The maximum absolute atomic E-state index is 12.5. The Morgan fingerprint density at radius 3 is 2.93 bits per heavy atom. The van der Waals surface area contributed by atoms with Crippen molar-refractivity contribution in [2.75, 3.05) is 45.9 Å². The average Bonchev–Trinajstić information content (AvgIpc) is 3.35. The number of nitrogens with one attached hydrogen (secondary N) is 1. The van der Waals surface area contributed by atoms with Gasteiger partial charge in [0.05, 0.1) is 37.3 Å². The van der Waals surface area contributed by atoms with Crippen LogP contribution in [0.5, 0.6) is 0 Å². The molecule has 1 N–H and O–H groups in total. The molecule has 2 aliphatic heterocycles. The lowest BCUT2D eigenvalue weighted by Gasteiger charge is -2.28. The van der Waals surface area contributed by atoms with E-state index in [0.29, 0.717) is 19.5 Å². The van der Waals surface area contributed by atoms with Gasteiger partial charge in [-0.05, 0) is 12.1 Å². The van der Waals surface area contributed by atoms with E-state index < -0.39 is 0 Å². The summed E-state index contributed by atoms with van der Waals surface area (Å²) in [6.45, 7) is 5.30. The summed E-state index contributed by atoms with van der Waals surface area (Å²) in [5, 5.41) is 10.8. The number of carbonyl (C=O) groups excluding carboxylic acids is 2. The van der Waals surface area contributed by atoms with Crippen LogP contribution in [0, 0.1) is 0 Å². The first-order valence-corrected chi connectivity index (χ1v) is 9.40. The maximum Gasteiger partial charge on any atom is 0.273 e. The molecule has 0 aromatic carbocycles. The standard InChI is InChI=1S/C18H23N7O3/c26-17-10-14(12-24(17)5-4-23-6-8-28-9-7-23)20-18(27)16-13-25(22-21-16)15-2-1-3-19-11-15/h1-3,11,13-14H,4-10,12H2,(H,20,27). The second-order valence-corrected chi connectivity index (χ2v) is 6.93. The monoisotopic (exact) mass is 385 g/mol. The lowest BCUT2D eigenvalue weighted by Crippen LogP contribution is -2.42. The van der Waals surface area contributed by atoms with Crippen LogP contribution in [0.3, 0.4) is 0 Å². The fourth-order valence-electron chi connectivity index (χ4n) is 3.41. The SMILES string of the molecule is O=C(NC1CC(=O)N(CCN2CCOCC2)C1)c1cn(-c2cccnc2)nn1. The van der Waals surface area contributed by atoms with Crippen molar-refractivity contribution in [1.29, 1.82) is 0 Å². The number of ether oxygens (including phenoxy) is 1. The molecule has 0 spiro atoms. The van der Waals surface area contributed by atoms with Crippen LogP contribution in [0.25, 0.3) is 5.69 Å². The second kappa shape index (κ2) is 8.44. The molecule has 2 saturated heterocycles. The number of amides is 2. The van der Waals surface area contributed by atoms with E-state index in [2.05, 4.69) is 25.5 Å². The van der Waals surface area contributed by atoms with Crippen molar-refractivity contribution < 1.29 is 14.3 Å². The number of carbonyl (C=O) groups is 2. The van der Waals surface area contributed by atoms with Gasteiger partial charge in [0.15, 0.2) is 5.69 Å². The summed E-state index contributed by atoms with van der Waals surface area (Å²) in [6.07, 6.45) is 5.17. The Hall–Kier alpha value is -2.85. The van der Waals surface area contributed by atoms with Gasteiger partial charge in [-0.25, -0.2) is 4.68 Å². The fourth-order valence-corrected chi connectivity index (χ4v) is 3.41. The van der Waals surface area contributed by atoms with Gasteiger partial charge in [-0.1, -0.05) is 5.21 Å². The Morgan fingerprint density at radius 2 is 2.14 bits per heavy atom. The third-order valence-electron chi connectivity index (χ3n) is 4.98. The minimum atomic E-state index is -0.331. The Balaban J connectivity index is 1.29. The molecule has 2 aromatic heterocycles. The first-order valence-electron chi connectivity index (χ1n) is 9.40. The number of rotatable bonds is 6. The molecular weight excluding hydrogens is 362 g/mol. The maximum atomic E-state index is 12.5. The molecule has 2 aromatic rings. The number of aromatic nitrogens is 4. The quantitative estimate of drug-likeness (QED) is 0.703. The molecule has 2 amide bonds. The zero-order valence-electron chi connectivity index (χ0n) is 15.5. The summed E-state index contributed by atoms with van der Waals surface area (Å²) in [6, 6.07) is 3.39. The largest absolute Gasteiger partial charge is 0.379 e. The van der Waals surface area contributed by atoms with Crippen LogP contribution >= 0.6 is 0 Å². The summed E-state index contributed by atoms with van der Waals surface area (Å²) in [5.74, 6) is -0.263. The highest BCUT2D eigenvalue weighted by molar-refractivity contribution is 5.93. The number of pyridine rings is 1. The van der Waals surface area contributed by atoms with Crippen LogP contribution in [-0.4, -0.2) is 93.6 Å². The van der Waals surface area contributed by atoms with Gasteiger partial charge in [-0.2, -0.15) is 0 Å². The van der Waals surface area contributed by atoms with Crippen molar-refractivity contribution in [3.05, 3.63) is 36.4 Å². The lowest BCUT2D eigenvalue weighted by atomic mass is 10.2. The smallest absolute Gasteiger partial charge is 0.273 e. The van der Waals surface area contributed by atoms with Crippen LogP contribution in [0.4, 0.5) is 0 Å².